The predicted octanol–water partition coefficient (Wildman–Crippen LogP) is 0.954. The van der Waals surface area contributed by atoms with Crippen LogP contribution in [0.15, 0.2) is 40.6 Å². The Kier molecular flexibility index (Phi) is 7.28. The van der Waals surface area contributed by atoms with E-state index in [1.54, 1.807) is 29.4 Å². The summed E-state index contributed by atoms with van der Waals surface area (Å²) in [6.45, 7) is 1.29. The van der Waals surface area contributed by atoms with E-state index in [0.29, 0.717) is 36.8 Å². The molecule has 1 aromatic heterocycles. The number of nitrogens with one attached hydrogen (secondary N) is 2. The maximum atomic E-state index is 14.3. The van der Waals surface area contributed by atoms with Gasteiger partial charge >= 0.3 is 0 Å². The molecule has 3 heterocycles. The summed E-state index contributed by atoms with van der Waals surface area (Å²) in [4.78, 5) is 24.6. The number of ether oxygens (including phenoxy) is 1. The lowest BCUT2D eigenvalue weighted by Crippen LogP contribution is -2.48. The van der Waals surface area contributed by atoms with Crippen LogP contribution in [0, 0.1) is 17.1 Å². The fraction of sp³-hybridized carbons (Fsp3) is 0.409. The van der Waals surface area contributed by atoms with Crippen LogP contribution < -0.4 is 10.2 Å². The predicted molar refractivity (Wildman–Crippen MR) is 126 cm³/mol. The van der Waals surface area contributed by atoms with E-state index >= 15 is 0 Å². The van der Waals surface area contributed by atoms with Crippen LogP contribution in [0.3, 0.4) is 0 Å². The maximum absolute atomic E-state index is 14.3. The zero-order valence-electron chi connectivity index (χ0n) is 18.8. The number of carbonyl (C=O) groups excluding carboxylic acids is 1. The molecule has 3 N–H and O–H groups in total. The van der Waals surface area contributed by atoms with Crippen molar-refractivity contribution in [2.75, 3.05) is 43.6 Å². The Morgan fingerprint density at radius 2 is 2.26 bits per heavy atom. The molecule has 1 saturated heterocycles. The van der Waals surface area contributed by atoms with E-state index in [0.717, 1.165) is 5.69 Å². The summed E-state index contributed by atoms with van der Waals surface area (Å²) in [5, 5.41) is 24.2. The van der Waals surface area contributed by atoms with Crippen molar-refractivity contribution in [2.45, 2.75) is 19.4 Å². The minimum atomic E-state index is -0.476. The molecule has 0 saturated carbocycles. The van der Waals surface area contributed by atoms with E-state index in [1.807, 2.05) is 11.9 Å². The van der Waals surface area contributed by atoms with Crippen LogP contribution in [0.2, 0.25) is 0 Å². The number of amides is 1. The zero-order chi connectivity index (χ0) is 24.1. The number of hydrogen-bond acceptors (Lipinski definition) is 8. The fourth-order valence-corrected chi connectivity index (χ4v) is 3.83. The van der Waals surface area contributed by atoms with Gasteiger partial charge in [-0.1, -0.05) is 0 Å². The van der Waals surface area contributed by atoms with Crippen LogP contribution in [0.4, 0.5) is 15.8 Å². The number of benzene rings is 1. The molecule has 0 radical (unpaired) electrons. The molecule has 0 spiro atoms. The summed E-state index contributed by atoms with van der Waals surface area (Å²) in [6.07, 6.45) is 5.82. The molecule has 2 aliphatic rings. The summed E-state index contributed by atoms with van der Waals surface area (Å²) < 4.78 is 21.1. The summed E-state index contributed by atoms with van der Waals surface area (Å²) in [6, 6.07) is 4.47. The van der Waals surface area contributed by atoms with Gasteiger partial charge in [0.25, 0.3) is 5.91 Å². The summed E-state index contributed by atoms with van der Waals surface area (Å²) in [5.74, 6) is -0.487. The Morgan fingerprint density at radius 1 is 1.41 bits per heavy atom. The monoisotopic (exact) mass is 470 g/mol. The van der Waals surface area contributed by atoms with E-state index in [4.69, 9.17) is 15.3 Å². The number of morpholine rings is 1. The van der Waals surface area contributed by atoms with Crippen molar-refractivity contribution in [3.8, 4) is 0 Å². The van der Waals surface area contributed by atoms with Gasteiger partial charge < -0.3 is 30.4 Å². The first-order chi connectivity index (χ1) is 16.5. The first-order valence-corrected chi connectivity index (χ1v) is 10.9. The average molecular weight is 471 g/mol. The lowest BCUT2D eigenvalue weighted by molar-refractivity contribution is -0.125. The van der Waals surface area contributed by atoms with Crippen LogP contribution in [0.1, 0.15) is 5.56 Å². The molecule has 2 unspecified atom stereocenters. The lowest BCUT2D eigenvalue weighted by Gasteiger charge is -2.34. The van der Waals surface area contributed by atoms with Gasteiger partial charge in [0, 0.05) is 37.9 Å². The highest BCUT2D eigenvalue weighted by Crippen LogP contribution is 2.22. The molecule has 0 aliphatic carbocycles. The number of aromatic nitrogens is 2. The second kappa shape index (κ2) is 10.5. The van der Waals surface area contributed by atoms with Crippen LogP contribution >= 0.6 is 0 Å². The van der Waals surface area contributed by atoms with Gasteiger partial charge in [-0.2, -0.15) is 5.10 Å². The minimum Gasteiger partial charge on any atom is -0.394 e. The summed E-state index contributed by atoms with van der Waals surface area (Å²) >= 11 is 0. The minimum absolute atomic E-state index is 0.0120. The number of carbonyl (C=O) groups is 1. The standard InChI is InChI=1S/C22H27FN8O3/c1-29-21(16(9-24)11-26-22(29)28-18-12-27-30(13-18)2-4-32)25-10-15-6-17(23)8-19(7-15)31-3-5-34-14-20(31)33/h6-9,11-13,16,22,24,28,32H,2-5,10,14H2,1H3. The Bertz CT molecular complexity index is 1100. The molecule has 2 atom stereocenters. The lowest BCUT2D eigenvalue weighted by atomic mass is 10.1. The van der Waals surface area contributed by atoms with Crippen molar-refractivity contribution < 1.29 is 19.0 Å². The number of amidine groups is 1. The summed E-state index contributed by atoms with van der Waals surface area (Å²) in [7, 11) is 1.81. The van der Waals surface area contributed by atoms with E-state index in [9.17, 15) is 9.18 Å². The largest absolute Gasteiger partial charge is 0.394 e. The molecule has 0 bridgehead atoms. The second-order valence-corrected chi connectivity index (χ2v) is 7.93. The Labute approximate surface area is 196 Å². The Balaban J connectivity index is 1.52. The van der Waals surface area contributed by atoms with Crippen molar-refractivity contribution in [3.05, 3.63) is 42.0 Å². The van der Waals surface area contributed by atoms with Gasteiger partial charge in [0.2, 0.25) is 0 Å². The van der Waals surface area contributed by atoms with Gasteiger partial charge in [0.15, 0.2) is 6.29 Å². The van der Waals surface area contributed by atoms with E-state index < -0.39 is 18.0 Å². The van der Waals surface area contributed by atoms with Crippen molar-refractivity contribution in [1.82, 2.24) is 14.7 Å². The highest BCUT2D eigenvalue weighted by molar-refractivity contribution is 6.10. The number of hydrogen-bond donors (Lipinski definition) is 3. The maximum Gasteiger partial charge on any atom is 0.253 e. The fourth-order valence-electron chi connectivity index (χ4n) is 3.83. The smallest absolute Gasteiger partial charge is 0.253 e. The first-order valence-electron chi connectivity index (χ1n) is 10.9. The molecule has 1 amide bonds. The normalized spacial score (nSPS) is 21.9. The molecule has 12 heteroatoms. The van der Waals surface area contributed by atoms with E-state index in [2.05, 4.69) is 20.4 Å². The second-order valence-electron chi connectivity index (χ2n) is 7.93. The van der Waals surface area contributed by atoms with Gasteiger partial charge in [-0.05, 0) is 23.8 Å². The van der Waals surface area contributed by atoms with Crippen LogP contribution in [0.5, 0.6) is 0 Å². The number of anilines is 2. The number of aliphatic hydroxyl groups is 1. The van der Waals surface area contributed by atoms with Crippen molar-refractivity contribution in [1.29, 1.82) is 5.41 Å². The van der Waals surface area contributed by atoms with Gasteiger partial charge in [-0.15, -0.1) is 0 Å². The van der Waals surface area contributed by atoms with Gasteiger partial charge in [-0.3, -0.25) is 19.5 Å². The number of rotatable bonds is 8. The Hall–Kier alpha value is -3.64. The molecule has 2 aliphatic heterocycles. The molecule has 34 heavy (non-hydrogen) atoms. The molecule has 2 aromatic rings. The number of aliphatic hydroxyl groups excluding tert-OH is 1. The molecular weight excluding hydrogens is 443 g/mol. The molecule has 180 valence electrons. The highest BCUT2D eigenvalue weighted by atomic mass is 19.1. The third-order valence-corrected chi connectivity index (χ3v) is 5.52. The third kappa shape index (κ3) is 5.29. The van der Waals surface area contributed by atoms with Crippen LogP contribution in [-0.2, 0) is 22.6 Å². The summed E-state index contributed by atoms with van der Waals surface area (Å²) in [5.41, 5.74) is 1.81. The van der Waals surface area contributed by atoms with Gasteiger partial charge in [0.1, 0.15) is 18.3 Å². The number of aliphatic imine (C=N–C) groups is 2. The molecule has 11 nitrogen and oxygen atoms in total. The highest BCUT2D eigenvalue weighted by Gasteiger charge is 2.27. The molecule has 1 fully saturated rings. The first kappa shape index (κ1) is 23.5. The van der Waals surface area contributed by atoms with Crippen molar-refractivity contribution in [2.24, 2.45) is 15.9 Å². The molecule has 1 aromatic carbocycles. The number of halogens is 1. The average Bonchev–Trinajstić information content (AvgIpc) is 3.26. The van der Waals surface area contributed by atoms with Crippen LogP contribution in [-0.4, -0.2) is 83.7 Å². The molecule has 4 rings (SSSR count). The quantitative estimate of drug-likeness (QED) is 0.493. The van der Waals surface area contributed by atoms with Gasteiger partial charge in [-0.25, -0.2) is 4.39 Å². The zero-order valence-corrected chi connectivity index (χ0v) is 18.8. The van der Waals surface area contributed by atoms with Gasteiger partial charge in [0.05, 0.1) is 44.1 Å². The van der Waals surface area contributed by atoms with E-state index in [1.165, 1.54) is 23.2 Å². The third-order valence-electron chi connectivity index (χ3n) is 5.52. The number of nitrogens with zero attached hydrogens (tertiary/aromatic N) is 6. The van der Waals surface area contributed by atoms with E-state index in [-0.39, 0.29) is 25.7 Å². The molecular formula is C22H27FN8O3. The SMILES string of the molecule is CN1C(=NCc2cc(F)cc(N3CCOCC3=O)c2)C(C=N)C=NC1Nc1cnn(CCO)c1. The van der Waals surface area contributed by atoms with Crippen LogP contribution in [0.25, 0.3) is 0 Å². The Morgan fingerprint density at radius 3 is 3.03 bits per heavy atom. The van der Waals surface area contributed by atoms with Crippen molar-refractivity contribution >= 4 is 35.5 Å². The van der Waals surface area contributed by atoms with Crippen molar-refractivity contribution in [3.63, 3.8) is 0 Å². The topological polar surface area (TPSA) is 131 Å².